The second-order valence-corrected chi connectivity index (χ2v) is 6.42. The van der Waals surface area contributed by atoms with E-state index in [4.69, 9.17) is 9.47 Å². The van der Waals surface area contributed by atoms with Gasteiger partial charge in [0.15, 0.2) is 0 Å². The molecule has 27 heavy (non-hydrogen) atoms. The molecule has 0 bridgehead atoms. The second kappa shape index (κ2) is 8.46. The maximum absolute atomic E-state index is 13.2. The van der Waals surface area contributed by atoms with Crippen LogP contribution in [0.5, 0.6) is 0 Å². The van der Waals surface area contributed by atoms with Gasteiger partial charge in [0.1, 0.15) is 18.0 Å². The molecule has 0 saturated heterocycles. The summed E-state index contributed by atoms with van der Waals surface area (Å²) in [6.07, 6.45) is -0.688. The molecule has 0 radical (unpaired) electrons. The van der Waals surface area contributed by atoms with Gasteiger partial charge < -0.3 is 9.47 Å². The number of thiophene rings is 1. The molecule has 1 N–H and O–H groups in total. The Kier molecular flexibility index (Phi) is 5.83. The lowest BCUT2D eigenvalue weighted by Gasteiger charge is -2.09. The number of benzene rings is 2. The molecule has 7 heteroatoms. The monoisotopic (exact) mass is 385 g/mol. The van der Waals surface area contributed by atoms with E-state index in [1.165, 1.54) is 30.6 Å². The van der Waals surface area contributed by atoms with E-state index in [0.29, 0.717) is 10.4 Å². The molecule has 1 heterocycles. The molecule has 2 aromatic carbocycles. The van der Waals surface area contributed by atoms with Crippen molar-refractivity contribution in [3.8, 4) is 10.4 Å². The van der Waals surface area contributed by atoms with Crippen LogP contribution in [0.25, 0.3) is 10.4 Å². The van der Waals surface area contributed by atoms with Gasteiger partial charge in [-0.15, -0.1) is 11.3 Å². The molecule has 0 atom stereocenters. The molecule has 0 saturated carbocycles. The van der Waals surface area contributed by atoms with Crippen LogP contribution in [0.3, 0.4) is 0 Å². The first-order chi connectivity index (χ1) is 13.1. The highest BCUT2D eigenvalue weighted by Crippen LogP contribution is 2.36. The fourth-order valence-corrected chi connectivity index (χ4v) is 3.43. The molecule has 1 aromatic heterocycles. The minimum atomic E-state index is -0.688. The predicted octanol–water partition coefficient (Wildman–Crippen LogP) is 5.09. The molecule has 5 nitrogen and oxygen atoms in total. The third-order valence-corrected chi connectivity index (χ3v) is 4.77. The van der Waals surface area contributed by atoms with Crippen molar-refractivity contribution in [1.82, 2.24) is 0 Å². The molecule has 0 unspecified atom stereocenters. The Morgan fingerprint density at radius 2 is 1.78 bits per heavy atom. The van der Waals surface area contributed by atoms with E-state index >= 15 is 0 Å². The van der Waals surface area contributed by atoms with Crippen molar-refractivity contribution in [2.45, 2.75) is 6.61 Å². The molecule has 3 aromatic rings. The van der Waals surface area contributed by atoms with Gasteiger partial charge in [0, 0.05) is 5.38 Å². The summed E-state index contributed by atoms with van der Waals surface area (Å²) in [4.78, 5) is 24.9. The highest BCUT2D eigenvalue weighted by molar-refractivity contribution is 7.14. The van der Waals surface area contributed by atoms with E-state index in [1.807, 2.05) is 30.3 Å². The highest BCUT2D eigenvalue weighted by Gasteiger charge is 2.22. The van der Waals surface area contributed by atoms with Gasteiger partial charge in [-0.1, -0.05) is 42.5 Å². The number of methoxy groups -OCH3 is 1. The quantitative estimate of drug-likeness (QED) is 0.622. The zero-order valence-corrected chi connectivity index (χ0v) is 15.2. The molecule has 3 rings (SSSR count). The molecule has 0 aliphatic rings. The molecular weight excluding hydrogens is 369 g/mol. The van der Waals surface area contributed by atoms with Crippen LogP contribution in [0.4, 0.5) is 14.9 Å². The van der Waals surface area contributed by atoms with Crippen molar-refractivity contribution in [2.75, 3.05) is 12.4 Å². The number of carbonyl (C=O) groups excluding carboxylic acids is 2. The van der Waals surface area contributed by atoms with Gasteiger partial charge in [-0.05, 0) is 23.3 Å². The van der Waals surface area contributed by atoms with Crippen molar-refractivity contribution < 1.29 is 23.5 Å². The first kappa shape index (κ1) is 18.6. The standard InChI is InChI=1S/C20H16FNO4S/c1-25-19(23)17-16(12-27-18(17)14-7-9-15(21)10-8-14)22-20(24)26-11-13-5-3-2-4-6-13/h2-10,12H,11H2,1H3,(H,22,24). The topological polar surface area (TPSA) is 64.6 Å². The number of esters is 1. The summed E-state index contributed by atoms with van der Waals surface area (Å²) in [5.41, 5.74) is 1.97. The van der Waals surface area contributed by atoms with E-state index in [0.717, 1.165) is 5.56 Å². The first-order valence-electron chi connectivity index (χ1n) is 8.02. The van der Waals surface area contributed by atoms with Crippen LogP contribution in [-0.2, 0) is 16.1 Å². The number of halogens is 1. The van der Waals surface area contributed by atoms with Crippen LogP contribution < -0.4 is 5.32 Å². The molecule has 0 aliphatic heterocycles. The zero-order valence-electron chi connectivity index (χ0n) is 14.4. The van der Waals surface area contributed by atoms with Crippen molar-refractivity contribution in [1.29, 1.82) is 0 Å². The first-order valence-corrected chi connectivity index (χ1v) is 8.90. The minimum Gasteiger partial charge on any atom is -0.465 e. The lowest BCUT2D eigenvalue weighted by Crippen LogP contribution is -2.15. The Hall–Kier alpha value is -3.19. The third kappa shape index (κ3) is 4.51. The van der Waals surface area contributed by atoms with Crippen LogP contribution in [0.15, 0.2) is 60.0 Å². The van der Waals surface area contributed by atoms with E-state index in [1.54, 1.807) is 17.5 Å². The normalized spacial score (nSPS) is 10.3. The Morgan fingerprint density at radius 1 is 1.07 bits per heavy atom. The number of hydrogen-bond donors (Lipinski definition) is 1. The number of nitrogens with one attached hydrogen (secondary N) is 1. The lowest BCUT2D eigenvalue weighted by molar-refractivity contribution is 0.0603. The number of amides is 1. The summed E-state index contributed by atoms with van der Waals surface area (Å²) in [6, 6.07) is 15.0. The fourth-order valence-electron chi connectivity index (χ4n) is 2.44. The Balaban J connectivity index is 1.79. The molecular formula is C20H16FNO4S. The summed E-state index contributed by atoms with van der Waals surface area (Å²) < 4.78 is 23.2. The van der Waals surface area contributed by atoms with Gasteiger partial charge in [0.2, 0.25) is 0 Å². The smallest absolute Gasteiger partial charge is 0.412 e. The van der Waals surface area contributed by atoms with Crippen molar-refractivity contribution in [2.24, 2.45) is 0 Å². The lowest BCUT2D eigenvalue weighted by atomic mass is 10.1. The van der Waals surface area contributed by atoms with Crippen LogP contribution in [-0.4, -0.2) is 19.2 Å². The molecule has 0 fully saturated rings. The largest absolute Gasteiger partial charge is 0.465 e. The average molecular weight is 385 g/mol. The van der Waals surface area contributed by atoms with Gasteiger partial charge in [-0.2, -0.15) is 0 Å². The fraction of sp³-hybridized carbons (Fsp3) is 0.100. The van der Waals surface area contributed by atoms with E-state index < -0.39 is 12.1 Å². The van der Waals surface area contributed by atoms with Gasteiger partial charge in [0.25, 0.3) is 0 Å². The second-order valence-electron chi connectivity index (χ2n) is 5.54. The highest BCUT2D eigenvalue weighted by atomic mass is 32.1. The summed E-state index contributed by atoms with van der Waals surface area (Å²) >= 11 is 1.24. The Morgan fingerprint density at radius 3 is 2.44 bits per heavy atom. The number of ether oxygens (including phenoxy) is 2. The number of hydrogen-bond acceptors (Lipinski definition) is 5. The van der Waals surface area contributed by atoms with Crippen molar-refractivity contribution in [3.05, 3.63) is 76.9 Å². The van der Waals surface area contributed by atoms with Gasteiger partial charge in [0.05, 0.1) is 17.7 Å². The SMILES string of the molecule is COC(=O)c1c(NC(=O)OCc2ccccc2)csc1-c1ccc(F)cc1. The summed E-state index contributed by atoms with van der Waals surface area (Å²) in [5.74, 6) is -0.980. The number of rotatable bonds is 5. The van der Waals surface area contributed by atoms with Gasteiger partial charge >= 0.3 is 12.1 Å². The van der Waals surface area contributed by atoms with E-state index in [-0.39, 0.29) is 23.7 Å². The summed E-state index contributed by atoms with van der Waals surface area (Å²) in [7, 11) is 1.26. The molecule has 0 aliphatic carbocycles. The van der Waals surface area contributed by atoms with Gasteiger partial charge in [-0.25, -0.2) is 14.0 Å². The third-order valence-electron chi connectivity index (χ3n) is 3.74. The van der Waals surface area contributed by atoms with Crippen LogP contribution in [0, 0.1) is 5.82 Å². The number of carbonyl (C=O) groups is 2. The average Bonchev–Trinajstić information content (AvgIpc) is 3.10. The maximum Gasteiger partial charge on any atom is 0.412 e. The molecule has 1 amide bonds. The zero-order chi connectivity index (χ0) is 19.2. The molecule has 138 valence electrons. The van der Waals surface area contributed by atoms with E-state index in [9.17, 15) is 14.0 Å². The van der Waals surface area contributed by atoms with Crippen LogP contribution in [0.1, 0.15) is 15.9 Å². The Labute approximate surface area is 159 Å². The van der Waals surface area contributed by atoms with Crippen molar-refractivity contribution >= 4 is 29.1 Å². The Bertz CT molecular complexity index is 938. The van der Waals surface area contributed by atoms with Gasteiger partial charge in [-0.3, -0.25) is 5.32 Å². The minimum absolute atomic E-state index is 0.106. The van der Waals surface area contributed by atoms with Crippen LogP contribution in [0.2, 0.25) is 0 Å². The van der Waals surface area contributed by atoms with Crippen molar-refractivity contribution in [3.63, 3.8) is 0 Å². The summed E-state index contributed by atoms with van der Waals surface area (Å²) in [5, 5.41) is 4.19. The van der Waals surface area contributed by atoms with Crippen LogP contribution >= 0.6 is 11.3 Å². The predicted molar refractivity (Wildman–Crippen MR) is 101 cm³/mol. The molecule has 0 spiro atoms. The summed E-state index contributed by atoms with van der Waals surface area (Å²) in [6.45, 7) is 0.106. The van der Waals surface area contributed by atoms with E-state index in [2.05, 4.69) is 5.32 Å². The number of anilines is 1. The maximum atomic E-state index is 13.2.